The first kappa shape index (κ1) is 25.6. The molecule has 1 aliphatic rings. The molecule has 2 N–H and O–H groups in total. The molecule has 1 fully saturated rings. The van der Waals surface area contributed by atoms with Crippen LogP contribution >= 0.6 is 22.9 Å². The molecule has 36 heavy (non-hydrogen) atoms. The van der Waals surface area contributed by atoms with Crippen LogP contribution in [0.3, 0.4) is 0 Å². The number of esters is 1. The van der Waals surface area contributed by atoms with Crippen molar-refractivity contribution in [2.45, 2.75) is 32.4 Å². The van der Waals surface area contributed by atoms with Crippen LogP contribution in [0.15, 0.2) is 18.6 Å². The van der Waals surface area contributed by atoms with Crippen LogP contribution in [0.25, 0.3) is 11.4 Å². The summed E-state index contributed by atoms with van der Waals surface area (Å²) in [6.07, 6.45) is 3.17. The van der Waals surface area contributed by atoms with Crippen LogP contribution in [-0.4, -0.2) is 70.8 Å². The standard InChI is InChI=1S/C23H24ClN7O4S/c1-4-35-22(33)20-19(15-5-7-26-11-27-15)30-23(36-20)31-8-6-14(16(10-31)34-3)29-21(32)18-13(9-25)17(24)12(2)28-18/h5,7,11,14,16,28H,4,6,8,10H2,1-3H3,(H,29,32)/t14-,16+/m1/s1. The maximum absolute atomic E-state index is 12.9. The van der Waals surface area contributed by atoms with Crippen molar-refractivity contribution in [2.75, 3.05) is 31.7 Å². The molecule has 1 amide bonds. The molecule has 188 valence electrons. The number of H-pyrrole nitrogens is 1. The van der Waals surface area contributed by atoms with E-state index in [-0.39, 0.29) is 35.0 Å². The molecule has 3 aromatic rings. The third-order valence-electron chi connectivity index (χ3n) is 5.80. The van der Waals surface area contributed by atoms with Gasteiger partial charge >= 0.3 is 5.97 Å². The number of nitrogens with one attached hydrogen (secondary N) is 2. The van der Waals surface area contributed by atoms with Crippen molar-refractivity contribution < 1.29 is 19.1 Å². The van der Waals surface area contributed by atoms with Crippen molar-refractivity contribution in [2.24, 2.45) is 0 Å². The number of rotatable bonds is 7. The van der Waals surface area contributed by atoms with E-state index in [9.17, 15) is 14.9 Å². The molecule has 1 saturated heterocycles. The highest BCUT2D eigenvalue weighted by Crippen LogP contribution is 2.34. The van der Waals surface area contributed by atoms with Crippen molar-refractivity contribution in [1.29, 1.82) is 5.26 Å². The Kier molecular flexibility index (Phi) is 7.83. The van der Waals surface area contributed by atoms with Gasteiger partial charge in [-0.05, 0) is 26.3 Å². The van der Waals surface area contributed by atoms with Crippen LogP contribution in [-0.2, 0) is 9.47 Å². The van der Waals surface area contributed by atoms with Crippen LogP contribution in [0.2, 0.25) is 5.02 Å². The van der Waals surface area contributed by atoms with Crippen LogP contribution in [0, 0.1) is 18.3 Å². The Balaban J connectivity index is 1.54. The number of carbonyl (C=O) groups excluding carboxylic acids is 2. The van der Waals surface area contributed by atoms with Gasteiger partial charge in [0, 0.05) is 32.1 Å². The lowest BCUT2D eigenvalue weighted by atomic mass is 10.0. The van der Waals surface area contributed by atoms with E-state index < -0.39 is 11.9 Å². The number of anilines is 1. The van der Waals surface area contributed by atoms with Crippen molar-refractivity contribution in [3.05, 3.63) is 45.4 Å². The number of nitrogens with zero attached hydrogens (tertiary/aromatic N) is 5. The molecule has 4 rings (SSSR count). The summed E-state index contributed by atoms with van der Waals surface area (Å²) in [5.74, 6) is -0.888. The average molecular weight is 530 g/mol. The number of nitriles is 1. The van der Waals surface area contributed by atoms with Gasteiger partial charge in [0.15, 0.2) is 5.13 Å². The molecule has 0 unspecified atom stereocenters. The molecule has 2 atom stereocenters. The summed E-state index contributed by atoms with van der Waals surface area (Å²) in [6, 6.07) is 3.36. The molecule has 11 nitrogen and oxygen atoms in total. The fourth-order valence-corrected chi connectivity index (χ4v) is 5.18. The van der Waals surface area contributed by atoms with Gasteiger partial charge in [0.05, 0.1) is 29.5 Å². The van der Waals surface area contributed by atoms with E-state index in [1.54, 1.807) is 33.2 Å². The number of thiazole rings is 1. The highest BCUT2D eigenvalue weighted by atomic mass is 35.5. The summed E-state index contributed by atoms with van der Waals surface area (Å²) >= 11 is 7.36. The van der Waals surface area contributed by atoms with Crippen LogP contribution in [0.5, 0.6) is 0 Å². The first-order valence-corrected chi connectivity index (χ1v) is 12.4. The largest absolute Gasteiger partial charge is 0.462 e. The summed E-state index contributed by atoms with van der Waals surface area (Å²) < 4.78 is 10.9. The van der Waals surface area contributed by atoms with E-state index in [4.69, 9.17) is 26.1 Å². The van der Waals surface area contributed by atoms with Crippen molar-refractivity contribution in [3.63, 3.8) is 0 Å². The van der Waals surface area contributed by atoms with E-state index in [0.29, 0.717) is 46.6 Å². The fraction of sp³-hybridized carbons (Fsp3) is 0.391. The Hall–Kier alpha value is -3.53. The molecule has 0 saturated carbocycles. The normalized spacial score (nSPS) is 17.5. The van der Waals surface area contributed by atoms with Gasteiger partial charge in [0.2, 0.25) is 0 Å². The summed E-state index contributed by atoms with van der Waals surface area (Å²) in [4.78, 5) is 43.7. The lowest BCUT2D eigenvalue weighted by molar-refractivity contribution is 0.0531. The van der Waals surface area contributed by atoms with Gasteiger partial charge in [-0.15, -0.1) is 0 Å². The second-order valence-electron chi connectivity index (χ2n) is 8.00. The molecule has 13 heteroatoms. The highest BCUT2D eigenvalue weighted by molar-refractivity contribution is 7.17. The summed E-state index contributed by atoms with van der Waals surface area (Å²) in [5, 5.41) is 13.2. The van der Waals surface area contributed by atoms with Crippen LogP contribution in [0.1, 0.15) is 44.8 Å². The number of carbonyl (C=O) groups is 2. The van der Waals surface area contributed by atoms with Crippen molar-refractivity contribution >= 4 is 39.9 Å². The second-order valence-corrected chi connectivity index (χ2v) is 9.36. The maximum Gasteiger partial charge on any atom is 0.350 e. The minimum atomic E-state index is -0.464. The number of aromatic amines is 1. The minimum absolute atomic E-state index is 0.115. The Bertz CT molecular complexity index is 1300. The highest BCUT2D eigenvalue weighted by Gasteiger charge is 2.34. The average Bonchev–Trinajstić information content (AvgIpc) is 3.46. The minimum Gasteiger partial charge on any atom is -0.462 e. The monoisotopic (exact) mass is 529 g/mol. The topological polar surface area (TPSA) is 146 Å². The Morgan fingerprint density at radius 3 is 2.92 bits per heavy atom. The second kappa shape index (κ2) is 11.0. The van der Waals surface area contributed by atoms with E-state index in [2.05, 4.69) is 20.3 Å². The van der Waals surface area contributed by atoms with Crippen LogP contribution in [0.4, 0.5) is 5.13 Å². The zero-order valence-corrected chi connectivity index (χ0v) is 21.4. The first-order chi connectivity index (χ1) is 17.4. The number of piperidine rings is 1. The van der Waals surface area contributed by atoms with Gasteiger partial charge in [-0.25, -0.2) is 19.7 Å². The summed E-state index contributed by atoms with van der Waals surface area (Å²) in [7, 11) is 1.57. The molecule has 0 aliphatic carbocycles. The van der Waals surface area contributed by atoms with E-state index >= 15 is 0 Å². The molecule has 0 spiro atoms. The number of methoxy groups -OCH3 is 1. The number of hydrogen-bond donors (Lipinski definition) is 2. The van der Waals surface area contributed by atoms with Gasteiger partial charge < -0.3 is 24.7 Å². The molecule has 0 aromatic carbocycles. The van der Waals surface area contributed by atoms with Crippen LogP contribution < -0.4 is 10.2 Å². The summed E-state index contributed by atoms with van der Waals surface area (Å²) in [5.41, 5.74) is 1.75. The quantitative estimate of drug-likeness (QED) is 0.441. The van der Waals surface area contributed by atoms with E-state index in [1.165, 1.54) is 17.7 Å². The molecule has 0 bridgehead atoms. The number of halogens is 1. The maximum atomic E-state index is 12.9. The number of aromatic nitrogens is 4. The molecule has 3 aromatic heterocycles. The smallest absolute Gasteiger partial charge is 0.350 e. The zero-order valence-electron chi connectivity index (χ0n) is 19.9. The lowest BCUT2D eigenvalue weighted by Crippen LogP contribution is -2.55. The molecule has 4 heterocycles. The molecular weight excluding hydrogens is 506 g/mol. The predicted octanol–water partition coefficient (Wildman–Crippen LogP) is 2.96. The Morgan fingerprint density at radius 2 is 2.25 bits per heavy atom. The lowest BCUT2D eigenvalue weighted by Gasteiger charge is -2.37. The molecular formula is C23H24ClN7O4S. The molecule has 1 aliphatic heterocycles. The van der Waals surface area contributed by atoms with E-state index in [0.717, 1.165) is 0 Å². The van der Waals surface area contributed by atoms with Crippen molar-refractivity contribution in [1.82, 2.24) is 25.3 Å². The van der Waals surface area contributed by atoms with Crippen molar-refractivity contribution in [3.8, 4) is 17.5 Å². The van der Waals surface area contributed by atoms with Gasteiger partial charge in [-0.2, -0.15) is 5.26 Å². The number of aryl methyl sites for hydroxylation is 1. The third-order valence-corrected chi connectivity index (χ3v) is 7.37. The predicted molar refractivity (Wildman–Crippen MR) is 133 cm³/mol. The number of amides is 1. The SMILES string of the molecule is CCOC(=O)c1sc(N2CC[C@@H](NC(=O)c3[nH]c(C)c(Cl)c3C#N)[C@@H](OC)C2)nc1-c1ccncn1. The van der Waals surface area contributed by atoms with E-state index in [1.807, 2.05) is 11.0 Å². The van der Waals surface area contributed by atoms with Gasteiger partial charge in [0.25, 0.3) is 5.91 Å². The van der Waals surface area contributed by atoms with Gasteiger partial charge in [0.1, 0.15) is 34.2 Å². The molecule has 0 radical (unpaired) electrons. The Morgan fingerprint density at radius 1 is 1.44 bits per heavy atom. The summed E-state index contributed by atoms with van der Waals surface area (Å²) in [6.45, 7) is 4.67. The first-order valence-electron chi connectivity index (χ1n) is 11.2. The number of hydrogen-bond acceptors (Lipinski definition) is 10. The Labute approximate surface area is 216 Å². The number of ether oxygens (including phenoxy) is 2. The van der Waals surface area contributed by atoms with Gasteiger partial charge in [-0.3, -0.25) is 4.79 Å². The zero-order chi connectivity index (χ0) is 25.8. The third kappa shape index (κ3) is 5.04. The van der Waals surface area contributed by atoms with Gasteiger partial charge in [-0.1, -0.05) is 22.9 Å². The fourth-order valence-electron chi connectivity index (χ4n) is 4.00.